The van der Waals surface area contributed by atoms with Crippen LogP contribution in [0.5, 0.6) is 5.75 Å². The van der Waals surface area contributed by atoms with E-state index in [-0.39, 0.29) is 18.4 Å². The number of methoxy groups -OCH3 is 1. The number of carbonyl (C=O) groups is 2. The summed E-state index contributed by atoms with van der Waals surface area (Å²) in [5.41, 5.74) is 3.13. The van der Waals surface area contributed by atoms with Crippen molar-refractivity contribution in [3.63, 3.8) is 0 Å². The molecule has 0 aliphatic heterocycles. The topological polar surface area (TPSA) is 72.4 Å². The molecule has 134 valence electrons. The molecule has 2 aromatic carbocycles. The molecule has 1 aromatic heterocycles. The molecule has 3 rings (SSSR count). The molecule has 0 bridgehead atoms. The van der Waals surface area contributed by atoms with Crippen LogP contribution in [0, 0.1) is 6.92 Å². The van der Waals surface area contributed by atoms with Crippen molar-refractivity contribution in [3.8, 4) is 5.75 Å². The highest BCUT2D eigenvalue weighted by molar-refractivity contribution is 5.95. The summed E-state index contributed by atoms with van der Waals surface area (Å²) in [6.07, 6.45) is 0. The predicted molar refractivity (Wildman–Crippen MR) is 103 cm³/mol. The Hall–Kier alpha value is -3.28. The minimum atomic E-state index is -0.179. The van der Waals surface area contributed by atoms with Crippen molar-refractivity contribution in [2.45, 2.75) is 20.4 Å². The number of aryl methyl sites for hydroxylation is 1. The standard InChI is InChI=1S/C20H21N3O3/c1-13-10-15-6-4-5-7-18(15)23(13)12-20(25)22-17-11-16(21-14(2)24)8-9-19(17)26-3/h4-11H,12H2,1-3H3,(H,21,24)(H,22,25). The average molecular weight is 351 g/mol. The van der Waals surface area contributed by atoms with E-state index in [4.69, 9.17) is 4.74 Å². The lowest BCUT2D eigenvalue weighted by atomic mass is 10.2. The molecule has 6 heteroatoms. The molecule has 0 fully saturated rings. The SMILES string of the molecule is COc1ccc(NC(C)=O)cc1NC(=O)Cn1c(C)cc2ccccc21. The molecule has 0 aliphatic carbocycles. The largest absolute Gasteiger partial charge is 0.495 e. The molecule has 0 saturated heterocycles. The molecule has 1 heterocycles. The van der Waals surface area contributed by atoms with E-state index in [2.05, 4.69) is 16.7 Å². The molecule has 0 radical (unpaired) electrons. The number of hydrogen-bond donors (Lipinski definition) is 2. The van der Waals surface area contributed by atoms with Crippen LogP contribution in [-0.4, -0.2) is 23.5 Å². The Kier molecular flexibility index (Phi) is 4.93. The fourth-order valence-corrected chi connectivity index (χ4v) is 2.98. The number of amides is 2. The molecular weight excluding hydrogens is 330 g/mol. The van der Waals surface area contributed by atoms with Gasteiger partial charge in [-0.25, -0.2) is 0 Å². The van der Waals surface area contributed by atoms with Crippen LogP contribution in [-0.2, 0) is 16.1 Å². The Labute approximate surface area is 151 Å². The molecule has 0 aliphatic rings. The van der Waals surface area contributed by atoms with Gasteiger partial charge >= 0.3 is 0 Å². The second-order valence-corrected chi connectivity index (χ2v) is 6.08. The molecule has 0 unspecified atom stereocenters. The minimum Gasteiger partial charge on any atom is -0.495 e. The van der Waals surface area contributed by atoms with Crippen molar-refractivity contribution < 1.29 is 14.3 Å². The lowest BCUT2D eigenvalue weighted by molar-refractivity contribution is -0.116. The zero-order valence-electron chi connectivity index (χ0n) is 15.0. The molecule has 26 heavy (non-hydrogen) atoms. The highest BCUT2D eigenvalue weighted by Gasteiger charge is 2.12. The van der Waals surface area contributed by atoms with E-state index in [0.29, 0.717) is 17.1 Å². The molecule has 2 N–H and O–H groups in total. The maximum absolute atomic E-state index is 12.6. The number of ether oxygens (including phenoxy) is 1. The molecule has 6 nitrogen and oxygen atoms in total. The van der Waals surface area contributed by atoms with Crippen LogP contribution < -0.4 is 15.4 Å². The second-order valence-electron chi connectivity index (χ2n) is 6.08. The smallest absolute Gasteiger partial charge is 0.244 e. The third-order valence-electron chi connectivity index (χ3n) is 4.11. The van der Waals surface area contributed by atoms with E-state index in [1.54, 1.807) is 18.2 Å². The summed E-state index contributed by atoms with van der Waals surface area (Å²) in [5, 5.41) is 6.67. The summed E-state index contributed by atoms with van der Waals surface area (Å²) in [7, 11) is 1.53. The van der Waals surface area contributed by atoms with Gasteiger partial charge in [0.25, 0.3) is 0 Å². The Morgan fingerprint density at radius 3 is 2.58 bits per heavy atom. The van der Waals surface area contributed by atoms with Gasteiger partial charge in [0.05, 0.1) is 12.8 Å². The van der Waals surface area contributed by atoms with Gasteiger partial charge < -0.3 is 19.9 Å². The van der Waals surface area contributed by atoms with E-state index < -0.39 is 0 Å². The van der Waals surface area contributed by atoms with Crippen LogP contribution in [0.3, 0.4) is 0 Å². The Morgan fingerprint density at radius 1 is 1.08 bits per heavy atom. The summed E-state index contributed by atoms with van der Waals surface area (Å²) in [6.45, 7) is 3.60. The van der Waals surface area contributed by atoms with Crippen molar-refractivity contribution in [2.75, 3.05) is 17.7 Å². The Balaban J connectivity index is 1.83. The highest BCUT2D eigenvalue weighted by Crippen LogP contribution is 2.28. The number of carbonyl (C=O) groups excluding carboxylic acids is 2. The van der Waals surface area contributed by atoms with Crippen LogP contribution in [0.25, 0.3) is 10.9 Å². The average Bonchev–Trinajstić information content (AvgIpc) is 2.90. The summed E-state index contributed by atoms with van der Waals surface area (Å²) in [5.74, 6) is 0.177. The van der Waals surface area contributed by atoms with Gasteiger partial charge in [-0.1, -0.05) is 18.2 Å². The summed E-state index contributed by atoms with van der Waals surface area (Å²) >= 11 is 0. The van der Waals surface area contributed by atoms with Crippen molar-refractivity contribution >= 4 is 34.1 Å². The second kappa shape index (κ2) is 7.31. The van der Waals surface area contributed by atoms with Gasteiger partial charge in [0, 0.05) is 23.8 Å². The molecule has 0 saturated carbocycles. The maximum atomic E-state index is 12.6. The summed E-state index contributed by atoms with van der Waals surface area (Å²) in [4.78, 5) is 23.8. The normalized spacial score (nSPS) is 10.6. The first kappa shape index (κ1) is 17.5. The van der Waals surface area contributed by atoms with Gasteiger partial charge in [0.2, 0.25) is 11.8 Å². The third-order valence-corrected chi connectivity index (χ3v) is 4.11. The van der Waals surface area contributed by atoms with Crippen molar-refractivity contribution in [1.82, 2.24) is 4.57 Å². The van der Waals surface area contributed by atoms with Crippen LogP contribution in [0.2, 0.25) is 0 Å². The Morgan fingerprint density at radius 2 is 1.85 bits per heavy atom. The van der Waals surface area contributed by atoms with E-state index in [1.807, 2.05) is 35.8 Å². The quantitative estimate of drug-likeness (QED) is 0.738. The first-order chi connectivity index (χ1) is 12.5. The van der Waals surface area contributed by atoms with Gasteiger partial charge in [-0.15, -0.1) is 0 Å². The minimum absolute atomic E-state index is 0.173. The van der Waals surface area contributed by atoms with E-state index in [1.165, 1.54) is 14.0 Å². The zero-order chi connectivity index (χ0) is 18.7. The van der Waals surface area contributed by atoms with Crippen molar-refractivity contribution in [1.29, 1.82) is 0 Å². The molecule has 2 amide bonds. The highest BCUT2D eigenvalue weighted by atomic mass is 16.5. The van der Waals surface area contributed by atoms with E-state index >= 15 is 0 Å². The fraction of sp³-hybridized carbons (Fsp3) is 0.200. The number of aromatic nitrogens is 1. The lowest BCUT2D eigenvalue weighted by Gasteiger charge is -2.14. The van der Waals surface area contributed by atoms with Gasteiger partial charge in [-0.2, -0.15) is 0 Å². The van der Waals surface area contributed by atoms with Gasteiger partial charge in [-0.3, -0.25) is 9.59 Å². The predicted octanol–water partition coefficient (Wildman–Crippen LogP) is 3.56. The number of fused-ring (bicyclic) bond motifs is 1. The van der Waals surface area contributed by atoms with Crippen molar-refractivity contribution in [3.05, 3.63) is 54.2 Å². The van der Waals surface area contributed by atoms with Gasteiger partial charge in [-0.05, 0) is 42.6 Å². The number of para-hydroxylation sites is 1. The number of nitrogens with zero attached hydrogens (tertiary/aromatic N) is 1. The van der Waals surface area contributed by atoms with Crippen LogP contribution >= 0.6 is 0 Å². The van der Waals surface area contributed by atoms with E-state index in [9.17, 15) is 9.59 Å². The molecular formula is C20H21N3O3. The zero-order valence-corrected chi connectivity index (χ0v) is 15.0. The fourth-order valence-electron chi connectivity index (χ4n) is 2.98. The molecule has 3 aromatic rings. The molecule has 0 atom stereocenters. The van der Waals surface area contributed by atoms with Crippen LogP contribution in [0.4, 0.5) is 11.4 Å². The monoisotopic (exact) mass is 351 g/mol. The lowest BCUT2D eigenvalue weighted by Crippen LogP contribution is -2.20. The van der Waals surface area contributed by atoms with Crippen molar-refractivity contribution in [2.24, 2.45) is 0 Å². The van der Waals surface area contributed by atoms with Crippen LogP contribution in [0.15, 0.2) is 48.5 Å². The third kappa shape index (κ3) is 3.69. The number of nitrogens with one attached hydrogen (secondary N) is 2. The molecule has 0 spiro atoms. The maximum Gasteiger partial charge on any atom is 0.244 e. The van der Waals surface area contributed by atoms with Gasteiger partial charge in [0.15, 0.2) is 0 Å². The Bertz CT molecular complexity index is 976. The van der Waals surface area contributed by atoms with Crippen LogP contribution in [0.1, 0.15) is 12.6 Å². The first-order valence-corrected chi connectivity index (χ1v) is 8.28. The summed E-state index contributed by atoms with van der Waals surface area (Å²) in [6, 6.07) is 15.1. The van der Waals surface area contributed by atoms with E-state index in [0.717, 1.165) is 16.6 Å². The first-order valence-electron chi connectivity index (χ1n) is 8.28. The van der Waals surface area contributed by atoms with Gasteiger partial charge in [0.1, 0.15) is 12.3 Å². The number of benzene rings is 2. The summed E-state index contributed by atoms with van der Waals surface area (Å²) < 4.78 is 7.27. The number of rotatable bonds is 5. The number of anilines is 2. The number of hydrogen-bond acceptors (Lipinski definition) is 3.